The highest BCUT2D eigenvalue weighted by Gasteiger charge is 2.77. The maximum atomic E-state index is 12.0. The standard InChI is InChI=1S/C13H20O9/c1-6(15)11(5-14)13(20,8(3)17)12(19,7(2)16)9(18)10(21-4)22-11/h9-10,14,18-20H,5H2,1-4H3/t9-,10+,11?,12-,13+/m1/s1. The second-order valence-corrected chi connectivity index (χ2v) is 5.30. The molecule has 0 aromatic carbocycles. The van der Waals surface area contributed by atoms with Crippen molar-refractivity contribution >= 4 is 17.3 Å². The molecule has 1 unspecified atom stereocenters. The number of aliphatic hydroxyl groups is 4. The van der Waals surface area contributed by atoms with Crippen LogP contribution in [0, 0.1) is 0 Å². The van der Waals surface area contributed by atoms with Crippen LogP contribution in [0.1, 0.15) is 20.8 Å². The van der Waals surface area contributed by atoms with E-state index in [2.05, 4.69) is 0 Å². The number of carbonyl (C=O) groups excluding carboxylic acids is 3. The van der Waals surface area contributed by atoms with Crippen molar-refractivity contribution in [1.29, 1.82) is 0 Å². The van der Waals surface area contributed by atoms with Gasteiger partial charge in [0.15, 0.2) is 40.4 Å². The summed E-state index contributed by atoms with van der Waals surface area (Å²) < 4.78 is 9.87. The molecule has 1 rings (SSSR count). The van der Waals surface area contributed by atoms with E-state index in [0.29, 0.717) is 0 Å². The Morgan fingerprint density at radius 2 is 1.59 bits per heavy atom. The molecule has 0 aliphatic carbocycles. The number of hydrogen-bond donors (Lipinski definition) is 4. The smallest absolute Gasteiger partial charge is 0.200 e. The van der Waals surface area contributed by atoms with Gasteiger partial charge in [0.2, 0.25) is 0 Å². The summed E-state index contributed by atoms with van der Waals surface area (Å²) in [6, 6.07) is 0. The van der Waals surface area contributed by atoms with Gasteiger partial charge in [-0.2, -0.15) is 0 Å². The summed E-state index contributed by atoms with van der Waals surface area (Å²) in [6.45, 7) is 1.29. The Bertz CT molecular complexity index is 486. The maximum Gasteiger partial charge on any atom is 0.200 e. The van der Waals surface area contributed by atoms with Crippen molar-refractivity contribution in [3.05, 3.63) is 0 Å². The number of ether oxygens (including phenoxy) is 2. The van der Waals surface area contributed by atoms with Gasteiger partial charge in [0, 0.05) is 7.11 Å². The predicted octanol–water partition coefficient (Wildman–Crippen LogP) is -2.69. The average molecular weight is 320 g/mol. The Balaban J connectivity index is 3.82. The minimum atomic E-state index is -3.19. The normalized spacial score (nSPS) is 42.0. The third kappa shape index (κ3) is 1.98. The lowest BCUT2D eigenvalue weighted by molar-refractivity contribution is -0.362. The summed E-state index contributed by atoms with van der Waals surface area (Å²) in [5.74, 6) is -3.45. The third-order valence-electron chi connectivity index (χ3n) is 4.21. The van der Waals surface area contributed by atoms with Crippen molar-refractivity contribution in [3.63, 3.8) is 0 Å². The molecule has 126 valence electrons. The number of methoxy groups -OCH3 is 1. The fourth-order valence-electron chi connectivity index (χ4n) is 2.86. The molecule has 1 saturated heterocycles. The fourth-order valence-corrected chi connectivity index (χ4v) is 2.86. The highest BCUT2D eigenvalue weighted by Crippen LogP contribution is 2.46. The van der Waals surface area contributed by atoms with Crippen molar-refractivity contribution in [2.75, 3.05) is 13.7 Å². The van der Waals surface area contributed by atoms with Gasteiger partial charge in [0.25, 0.3) is 0 Å². The molecule has 5 atom stereocenters. The van der Waals surface area contributed by atoms with Crippen molar-refractivity contribution in [1.82, 2.24) is 0 Å². The maximum absolute atomic E-state index is 12.0. The summed E-state index contributed by atoms with van der Waals surface area (Å²) in [5, 5.41) is 41.1. The van der Waals surface area contributed by atoms with Gasteiger partial charge in [-0.15, -0.1) is 0 Å². The van der Waals surface area contributed by atoms with Crippen LogP contribution >= 0.6 is 0 Å². The molecule has 0 amide bonds. The van der Waals surface area contributed by atoms with Crippen LogP contribution in [0.5, 0.6) is 0 Å². The summed E-state index contributed by atoms with van der Waals surface area (Å²) in [6.07, 6.45) is -3.90. The lowest BCUT2D eigenvalue weighted by atomic mass is 9.61. The second-order valence-electron chi connectivity index (χ2n) is 5.30. The average Bonchev–Trinajstić information content (AvgIpc) is 2.44. The van der Waals surface area contributed by atoms with Crippen molar-refractivity contribution in [2.45, 2.75) is 50.0 Å². The lowest BCUT2D eigenvalue weighted by Gasteiger charge is -2.57. The van der Waals surface area contributed by atoms with E-state index in [1.807, 2.05) is 0 Å². The molecular formula is C13H20O9. The molecular weight excluding hydrogens is 300 g/mol. The Kier molecular flexibility index (Phi) is 4.93. The molecule has 9 nitrogen and oxygen atoms in total. The molecule has 22 heavy (non-hydrogen) atoms. The first-order valence-electron chi connectivity index (χ1n) is 6.44. The Hall–Kier alpha value is -1.23. The van der Waals surface area contributed by atoms with E-state index in [4.69, 9.17) is 9.47 Å². The zero-order valence-electron chi connectivity index (χ0n) is 12.7. The van der Waals surface area contributed by atoms with Crippen molar-refractivity contribution in [3.8, 4) is 0 Å². The SMILES string of the molecule is CO[C@H]1OC(CO)(C(C)=O)[C@@](O)(C(C)=O)[C@@](O)(C(C)=O)[C@@H]1O. The van der Waals surface area contributed by atoms with Crippen LogP contribution < -0.4 is 0 Å². The molecule has 0 spiro atoms. The molecule has 0 bridgehead atoms. The van der Waals surface area contributed by atoms with Gasteiger partial charge >= 0.3 is 0 Å². The Morgan fingerprint density at radius 1 is 1.09 bits per heavy atom. The van der Waals surface area contributed by atoms with Crippen LogP contribution in [0.15, 0.2) is 0 Å². The molecule has 0 aromatic heterocycles. The van der Waals surface area contributed by atoms with E-state index in [9.17, 15) is 34.8 Å². The van der Waals surface area contributed by atoms with Gasteiger partial charge < -0.3 is 29.9 Å². The van der Waals surface area contributed by atoms with Gasteiger partial charge in [-0.3, -0.25) is 14.4 Å². The first-order valence-corrected chi connectivity index (χ1v) is 6.44. The molecule has 1 aliphatic heterocycles. The number of carbonyl (C=O) groups is 3. The van der Waals surface area contributed by atoms with Crippen LogP contribution in [0.4, 0.5) is 0 Å². The van der Waals surface area contributed by atoms with Crippen LogP contribution in [-0.2, 0) is 23.9 Å². The van der Waals surface area contributed by atoms with Gasteiger partial charge in [-0.25, -0.2) is 0 Å². The summed E-state index contributed by atoms with van der Waals surface area (Å²) >= 11 is 0. The zero-order chi connectivity index (χ0) is 17.5. The monoisotopic (exact) mass is 320 g/mol. The highest BCUT2D eigenvalue weighted by atomic mass is 16.7. The topological polar surface area (TPSA) is 151 Å². The third-order valence-corrected chi connectivity index (χ3v) is 4.21. The van der Waals surface area contributed by atoms with E-state index in [0.717, 1.165) is 27.9 Å². The number of ketones is 3. The summed E-state index contributed by atoms with van der Waals surface area (Å²) in [7, 11) is 1.05. The molecule has 0 aromatic rings. The van der Waals surface area contributed by atoms with Gasteiger partial charge in [-0.1, -0.05) is 0 Å². The van der Waals surface area contributed by atoms with Crippen molar-refractivity contribution < 1.29 is 44.3 Å². The van der Waals surface area contributed by atoms with E-state index in [-0.39, 0.29) is 0 Å². The first kappa shape index (κ1) is 18.8. The lowest BCUT2D eigenvalue weighted by Crippen LogP contribution is -2.85. The van der Waals surface area contributed by atoms with E-state index >= 15 is 0 Å². The molecule has 1 heterocycles. The molecule has 4 N–H and O–H groups in total. The van der Waals surface area contributed by atoms with Crippen LogP contribution in [-0.4, -0.2) is 80.7 Å². The summed E-state index contributed by atoms with van der Waals surface area (Å²) in [5.41, 5.74) is -8.97. The van der Waals surface area contributed by atoms with Gasteiger partial charge in [0.1, 0.15) is 6.10 Å². The van der Waals surface area contributed by atoms with Gasteiger partial charge in [0.05, 0.1) is 6.61 Å². The van der Waals surface area contributed by atoms with Crippen LogP contribution in [0.3, 0.4) is 0 Å². The minimum absolute atomic E-state index is 0.796. The molecule has 9 heteroatoms. The van der Waals surface area contributed by atoms with E-state index < -0.39 is 53.2 Å². The molecule has 0 saturated carbocycles. The number of aliphatic hydroxyl groups excluding tert-OH is 2. The molecule has 1 fully saturated rings. The van der Waals surface area contributed by atoms with Crippen LogP contribution in [0.2, 0.25) is 0 Å². The van der Waals surface area contributed by atoms with Gasteiger partial charge in [-0.05, 0) is 20.8 Å². The van der Waals surface area contributed by atoms with E-state index in [1.54, 1.807) is 0 Å². The number of hydrogen-bond acceptors (Lipinski definition) is 9. The largest absolute Gasteiger partial charge is 0.393 e. The van der Waals surface area contributed by atoms with Crippen molar-refractivity contribution in [2.24, 2.45) is 0 Å². The predicted molar refractivity (Wildman–Crippen MR) is 69.6 cm³/mol. The highest BCUT2D eigenvalue weighted by molar-refractivity contribution is 6.05. The molecule has 0 radical (unpaired) electrons. The molecule has 1 aliphatic rings. The minimum Gasteiger partial charge on any atom is -0.393 e. The Morgan fingerprint density at radius 3 is 1.86 bits per heavy atom. The quantitative estimate of drug-likeness (QED) is 0.424. The first-order chi connectivity index (χ1) is 9.97. The second kappa shape index (κ2) is 5.76. The summed E-state index contributed by atoms with van der Waals surface area (Å²) in [4.78, 5) is 35.9. The fraction of sp³-hybridized carbons (Fsp3) is 0.769. The van der Waals surface area contributed by atoms with E-state index in [1.165, 1.54) is 0 Å². The number of Topliss-reactive ketones (excluding diaryl/α,β-unsaturated/α-hetero) is 3. The number of rotatable bonds is 5. The zero-order valence-corrected chi connectivity index (χ0v) is 12.7. The van der Waals surface area contributed by atoms with Crippen LogP contribution in [0.25, 0.3) is 0 Å². The Labute approximate surface area is 126 Å².